The van der Waals surface area contributed by atoms with Gasteiger partial charge in [-0.15, -0.1) is 0 Å². The van der Waals surface area contributed by atoms with Crippen molar-refractivity contribution in [2.24, 2.45) is 0 Å². The Hall–Kier alpha value is -0.370. The van der Waals surface area contributed by atoms with Crippen LogP contribution >= 0.6 is 23.2 Å². The van der Waals surface area contributed by atoms with Crippen LogP contribution in [0.4, 0.5) is 0 Å². The van der Waals surface area contributed by atoms with Crippen LogP contribution in [-0.4, -0.2) is 44.1 Å². The Bertz CT molecular complexity index is 578. The predicted molar refractivity (Wildman–Crippen MR) is 83.3 cm³/mol. The van der Waals surface area contributed by atoms with Crippen LogP contribution in [0.15, 0.2) is 17.0 Å². The number of ether oxygens (including phenoxy) is 1. The Balaban J connectivity index is 3.16. The van der Waals surface area contributed by atoms with Crippen molar-refractivity contribution in [2.75, 3.05) is 26.3 Å². The van der Waals surface area contributed by atoms with Gasteiger partial charge in [-0.25, -0.2) is 8.42 Å². The van der Waals surface area contributed by atoms with E-state index >= 15 is 0 Å². The predicted octanol–water partition coefficient (Wildman–Crippen LogP) is 2.53. The third-order valence-corrected chi connectivity index (χ3v) is 5.72. The molecule has 1 rings (SSSR count). The fourth-order valence-electron chi connectivity index (χ4n) is 1.79. The second kappa shape index (κ2) is 8.31. The monoisotopic (exact) mass is 355 g/mol. The van der Waals surface area contributed by atoms with Crippen LogP contribution in [0.1, 0.15) is 19.4 Å². The highest BCUT2D eigenvalue weighted by Crippen LogP contribution is 2.30. The van der Waals surface area contributed by atoms with Crippen molar-refractivity contribution in [3.63, 3.8) is 0 Å². The Morgan fingerprint density at radius 1 is 1.24 bits per heavy atom. The second-order valence-corrected chi connectivity index (χ2v) is 6.95. The lowest BCUT2D eigenvalue weighted by molar-refractivity contribution is 0.135. The number of halogens is 2. The fraction of sp³-hybridized carbons (Fsp3) is 0.538. The minimum atomic E-state index is -3.76. The highest BCUT2D eigenvalue weighted by Gasteiger charge is 2.26. The van der Waals surface area contributed by atoms with E-state index in [0.29, 0.717) is 25.3 Å². The Labute approximate surface area is 135 Å². The number of hydrogen-bond donors (Lipinski definition) is 1. The van der Waals surface area contributed by atoms with Crippen LogP contribution in [0.3, 0.4) is 0 Å². The van der Waals surface area contributed by atoms with Crippen LogP contribution in [0, 0.1) is 0 Å². The zero-order valence-electron chi connectivity index (χ0n) is 12.0. The van der Waals surface area contributed by atoms with Gasteiger partial charge in [-0.2, -0.15) is 4.31 Å². The molecule has 0 radical (unpaired) electrons. The van der Waals surface area contributed by atoms with Gasteiger partial charge in [-0.05, 0) is 24.6 Å². The van der Waals surface area contributed by atoms with Crippen molar-refractivity contribution in [2.45, 2.75) is 25.3 Å². The van der Waals surface area contributed by atoms with Crippen molar-refractivity contribution in [3.8, 4) is 0 Å². The smallest absolute Gasteiger partial charge is 0.244 e. The van der Waals surface area contributed by atoms with E-state index in [1.807, 2.05) is 6.92 Å². The summed E-state index contributed by atoms with van der Waals surface area (Å²) in [5.74, 6) is 0. The van der Waals surface area contributed by atoms with Crippen molar-refractivity contribution in [1.82, 2.24) is 4.31 Å². The van der Waals surface area contributed by atoms with Gasteiger partial charge in [0, 0.05) is 24.7 Å². The van der Waals surface area contributed by atoms with Gasteiger partial charge in [0.1, 0.15) is 4.90 Å². The van der Waals surface area contributed by atoms with E-state index < -0.39 is 10.0 Å². The van der Waals surface area contributed by atoms with Gasteiger partial charge in [0.2, 0.25) is 10.0 Å². The highest BCUT2D eigenvalue weighted by molar-refractivity contribution is 7.89. The molecule has 0 aromatic heterocycles. The molecule has 1 N–H and O–H groups in total. The Kier molecular flexibility index (Phi) is 7.39. The van der Waals surface area contributed by atoms with Crippen LogP contribution in [0.2, 0.25) is 10.0 Å². The molecule has 0 saturated heterocycles. The van der Waals surface area contributed by atoms with E-state index in [4.69, 9.17) is 27.9 Å². The van der Waals surface area contributed by atoms with Crippen molar-refractivity contribution in [3.05, 3.63) is 27.7 Å². The van der Waals surface area contributed by atoms with E-state index in [1.165, 1.54) is 16.4 Å². The molecular weight excluding hydrogens is 337 g/mol. The van der Waals surface area contributed by atoms with Gasteiger partial charge in [0.25, 0.3) is 0 Å². The lowest BCUT2D eigenvalue weighted by atomic mass is 10.2. The average molecular weight is 356 g/mol. The number of sulfonamides is 1. The van der Waals surface area contributed by atoms with Gasteiger partial charge in [0.05, 0.1) is 18.2 Å². The third kappa shape index (κ3) is 4.55. The Morgan fingerprint density at radius 3 is 2.43 bits per heavy atom. The summed E-state index contributed by atoms with van der Waals surface area (Å²) < 4.78 is 31.7. The molecule has 0 aliphatic heterocycles. The largest absolute Gasteiger partial charge is 0.392 e. The second-order valence-electron chi connectivity index (χ2n) is 4.23. The zero-order valence-corrected chi connectivity index (χ0v) is 14.3. The first-order valence-corrected chi connectivity index (χ1v) is 8.74. The lowest BCUT2D eigenvalue weighted by Crippen LogP contribution is -2.34. The number of benzene rings is 1. The number of likely N-dealkylation sites (N-methyl/N-ethyl adjacent to an activating group) is 1. The van der Waals surface area contributed by atoms with E-state index in [1.54, 1.807) is 6.92 Å². The van der Waals surface area contributed by atoms with Crippen molar-refractivity contribution >= 4 is 33.2 Å². The van der Waals surface area contributed by atoms with Gasteiger partial charge >= 0.3 is 0 Å². The molecule has 1 aromatic carbocycles. The number of aliphatic hydroxyl groups excluding tert-OH is 1. The Morgan fingerprint density at radius 2 is 1.90 bits per heavy atom. The molecule has 0 heterocycles. The summed E-state index contributed by atoms with van der Waals surface area (Å²) in [6.45, 7) is 4.58. The molecule has 1 aromatic rings. The van der Waals surface area contributed by atoms with E-state index in [0.717, 1.165) is 0 Å². The van der Waals surface area contributed by atoms with Crippen LogP contribution in [0.5, 0.6) is 0 Å². The van der Waals surface area contributed by atoms with Crippen molar-refractivity contribution < 1.29 is 18.3 Å². The maximum atomic E-state index is 12.6. The third-order valence-electron chi connectivity index (χ3n) is 2.93. The quantitative estimate of drug-likeness (QED) is 0.727. The van der Waals surface area contributed by atoms with Crippen molar-refractivity contribution in [1.29, 1.82) is 0 Å². The average Bonchev–Trinajstić information content (AvgIpc) is 2.43. The molecule has 0 amide bonds. The topological polar surface area (TPSA) is 66.8 Å². The number of aliphatic hydroxyl groups is 1. The first-order chi connectivity index (χ1) is 9.88. The molecule has 0 aliphatic rings. The van der Waals surface area contributed by atoms with E-state index in [2.05, 4.69) is 0 Å². The molecule has 21 heavy (non-hydrogen) atoms. The minimum absolute atomic E-state index is 0.0343. The van der Waals surface area contributed by atoms with Gasteiger partial charge in [-0.1, -0.05) is 30.1 Å². The molecular formula is C13H19Cl2NO4S. The fourth-order valence-corrected chi connectivity index (χ4v) is 4.05. The maximum absolute atomic E-state index is 12.6. The standard InChI is InChI=1S/C13H19Cl2NO4S/c1-3-16(5-6-20-4-2)21(18,19)13-7-10(9-17)11(14)8-12(13)15/h7-8,17H,3-6,9H2,1-2H3. The molecule has 120 valence electrons. The summed E-state index contributed by atoms with van der Waals surface area (Å²) in [7, 11) is -3.76. The SMILES string of the molecule is CCOCCN(CC)S(=O)(=O)c1cc(CO)c(Cl)cc1Cl. The van der Waals surface area contributed by atoms with E-state index in [9.17, 15) is 13.5 Å². The van der Waals surface area contributed by atoms with Crippen LogP contribution < -0.4 is 0 Å². The maximum Gasteiger partial charge on any atom is 0.244 e. The summed E-state index contributed by atoms with van der Waals surface area (Å²) in [6, 6.07) is 2.64. The summed E-state index contributed by atoms with van der Waals surface area (Å²) in [6.07, 6.45) is 0. The summed E-state index contributed by atoms with van der Waals surface area (Å²) >= 11 is 11.9. The van der Waals surface area contributed by atoms with Crippen LogP contribution in [-0.2, 0) is 21.4 Å². The zero-order chi connectivity index (χ0) is 16.0. The summed E-state index contributed by atoms with van der Waals surface area (Å²) in [5, 5.41) is 9.48. The number of nitrogens with zero attached hydrogens (tertiary/aromatic N) is 1. The normalized spacial score (nSPS) is 12.1. The molecule has 0 aliphatic carbocycles. The highest BCUT2D eigenvalue weighted by atomic mass is 35.5. The molecule has 0 fully saturated rings. The molecule has 0 spiro atoms. The van der Waals surface area contributed by atoms with Gasteiger partial charge < -0.3 is 9.84 Å². The lowest BCUT2D eigenvalue weighted by Gasteiger charge is -2.21. The molecule has 8 heteroatoms. The molecule has 0 atom stereocenters. The van der Waals surface area contributed by atoms with E-state index in [-0.39, 0.29) is 28.1 Å². The molecule has 0 bridgehead atoms. The summed E-state index contributed by atoms with van der Waals surface area (Å²) in [5.41, 5.74) is 0.320. The summed E-state index contributed by atoms with van der Waals surface area (Å²) in [4.78, 5) is -0.0593. The van der Waals surface area contributed by atoms with Crippen LogP contribution in [0.25, 0.3) is 0 Å². The molecule has 0 unspecified atom stereocenters. The first-order valence-electron chi connectivity index (χ1n) is 6.55. The molecule has 5 nitrogen and oxygen atoms in total. The number of hydrogen-bond acceptors (Lipinski definition) is 4. The van der Waals surface area contributed by atoms with Gasteiger partial charge in [-0.3, -0.25) is 0 Å². The minimum Gasteiger partial charge on any atom is -0.392 e. The van der Waals surface area contributed by atoms with Gasteiger partial charge in [0.15, 0.2) is 0 Å². The number of rotatable bonds is 8. The first kappa shape index (κ1) is 18.7. The molecule has 0 saturated carbocycles.